The van der Waals surface area contributed by atoms with Crippen molar-refractivity contribution >= 4 is 32.8 Å². The Morgan fingerprint density at radius 1 is 1.03 bits per heavy atom. The van der Waals surface area contributed by atoms with Gasteiger partial charge >= 0.3 is 0 Å². The fourth-order valence-corrected chi connectivity index (χ4v) is 3.76. The molecule has 0 heterocycles. The molecule has 0 saturated carbocycles. The van der Waals surface area contributed by atoms with Crippen molar-refractivity contribution < 1.29 is 18.1 Å². The van der Waals surface area contributed by atoms with Crippen LogP contribution in [0.5, 0.6) is 5.75 Å². The van der Waals surface area contributed by atoms with Gasteiger partial charge in [0.05, 0.1) is 22.6 Å². The lowest BCUT2D eigenvalue weighted by Crippen LogP contribution is -2.13. The van der Waals surface area contributed by atoms with E-state index in [1.807, 2.05) is 30.3 Å². The molecule has 0 aliphatic rings. The Bertz CT molecular complexity index is 1210. The van der Waals surface area contributed by atoms with Gasteiger partial charge < -0.3 is 4.74 Å². The molecule has 0 spiro atoms. The Hall–Kier alpha value is -3.92. The van der Waals surface area contributed by atoms with Crippen LogP contribution in [-0.4, -0.2) is 26.2 Å². The Balaban J connectivity index is 1.86. The average Bonchev–Trinajstić information content (AvgIpc) is 2.78. The van der Waals surface area contributed by atoms with Gasteiger partial charge in [-0.25, -0.2) is 8.42 Å². The third kappa shape index (κ3) is 5.37. The van der Waals surface area contributed by atoms with E-state index in [4.69, 9.17) is 4.74 Å². The largest absolute Gasteiger partial charge is 0.497 e. The lowest BCUT2D eigenvalue weighted by Gasteiger charge is -2.10. The highest BCUT2D eigenvalue weighted by atomic mass is 32.2. The first kappa shape index (κ1) is 21.8. The topological polar surface area (TPSA) is 123 Å². The molecule has 0 fully saturated rings. The Morgan fingerprint density at radius 3 is 2.32 bits per heavy atom. The van der Waals surface area contributed by atoms with Gasteiger partial charge in [-0.05, 0) is 48.9 Å². The molecule has 0 aliphatic carbocycles. The van der Waals surface area contributed by atoms with Crippen molar-refractivity contribution in [2.45, 2.75) is 11.8 Å². The van der Waals surface area contributed by atoms with Crippen LogP contribution in [0.15, 0.2) is 82.8 Å². The van der Waals surface area contributed by atoms with Crippen LogP contribution in [0.4, 0.5) is 17.1 Å². The fraction of sp³-hybridized carbons (Fsp3) is 0.0952. The average molecular weight is 440 g/mol. The van der Waals surface area contributed by atoms with E-state index in [0.717, 1.165) is 11.6 Å². The summed E-state index contributed by atoms with van der Waals surface area (Å²) in [7, 11) is -2.54. The zero-order valence-electron chi connectivity index (χ0n) is 16.8. The molecule has 0 aliphatic heterocycles. The molecule has 2 N–H and O–H groups in total. The zero-order valence-corrected chi connectivity index (χ0v) is 17.6. The third-order valence-electron chi connectivity index (χ3n) is 4.35. The summed E-state index contributed by atoms with van der Waals surface area (Å²) in [6, 6.07) is 19.1. The maximum Gasteiger partial charge on any atom is 0.295 e. The van der Waals surface area contributed by atoms with Crippen molar-refractivity contribution in [3.63, 3.8) is 0 Å². The number of ether oxygens (including phenoxy) is 1. The lowest BCUT2D eigenvalue weighted by molar-refractivity contribution is -0.384. The predicted octanol–water partition coefficient (Wildman–Crippen LogP) is 4.24. The summed E-state index contributed by atoms with van der Waals surface area (Å²) in [6.07, 6.45) is 0. The second-order valence-electron chi connectivity index (χ2n) is 6.45. The number of rotatable bonds is 8. The van der Waals surface area contributed by atoms with E-state index in [9.17, 15) is 18.5 Å². The monoisotopic (exact) mass is 440 g/mol. The number of hydrogen-bond donors (Lipinski definition) is 2. The first-order valence-electron chi connectivity index (χ1n) is 9.11. The van der Waals surface area contributed by atoms with Crippen LogP contribution in [-0.2, 0) is 10.0 Å². The normalized spacial score (nSPS) is 11.6. The summed E-state index contributed by atoms with van der Waals surface area (Å²) in [4.78, 5) is 10.6. The van der Waals surface area contributed by atoms with Gasteiger partial charge in [0.15, 0.2) is 0 Å². The highest BCUT2D eigenvalue weighted by molar-refractivity contribution is 7.92. The van der Waals surface area contributed by atoms with E-state index in [0.29, 0.717) is 17.1 Å². The molecule has 0 bridgehead atoms. The summed E-state index contributed by atoms with van der Waals surface area (Å²) in [5, 5.41) is 15.7. The predicted molar refractivity (Wildman–Crippen MR) is 119 cm³/mol. The number of nitro benzene ring substituents is 1. The minimum Gasteiger partial charge on any atom is -0.497 e. The van der Waals surface area contributed by atoms with Crippen molar-refractivity contribution in [3.05, 3.63) is 88.5 Å². The van der Waals surface area contributed by atoms with Crippen molar-refractivity contribution in [3.8, 4) is 5.75 Å². The number of nitro groups is 1. The lowest BCUT2D eigenvalue weighted by atomic mass is 10.1. The first-order valence-corrected chi connectivity index (χ1v) is 10.6. The van der Waals surface area contributed by atoms with Crippen LogP contribution in [0, 0.1) is 10.1 Å². The number of benzene rings is 3. The van der Waals surface area contributed by atoms with Gasteiger partial charge in [0.1, 0.15) is 11.4 Å². The number of nitrogens with one attached hydrogen (secondary N) is 2. The van der Waals surface area contributed by atoms with Gasteiger partial charge in [0, 0.05) is 11.8 Å². The summed E-state index contributed by atoms with van der Waals surface area (Å²) in [6.45, 7) is 1.76. The van der Waals surface area contributed by atoms with Crippen molar-refractivity contribution in [2.24, 2.45) is 5.10 Å². The number of sulfonamides is 1. The quantitative estimate of drug-likeness (QED) is 0.307. The summed E-state index contributed by atoms with van der Waals surface area (Å²) >= 11 is 0. The number of nitrogens with zero attached hydrogens (tertiary/aromatic N) is 2. The molecule has 3 aromatic rings. The van der Waals surface area contributed by atoms with Crippen LogP contribution in [0.3, 0.4) is 0 Å². The van der Waals surface area contributed by atoms with E-state index < -0.39 is 20.6 Å². The van der Waals surface area contributed by atoms with Gasteiger partial charge in [-0.3, -0.25) is 20.3 Å². The van der Waals surface area contributed by atoms with Crippen molar-refractivity contribution in [1.29, 1.82) is 0 Å². The second kappa shape index (κ2) is 9.26. The van der Waals surface area contributed by atoms with Gasteiger partial charge in [0.25, 0.3) is 15.7 Å². The van der Waals surface area contributed by atoms with Crippen LogP contribution in [0.2, 0.25) is 0 Å². The molecule has 10 heteroatoms. The van der Waals surface area contributed by atoms with Crippen LogP contribution in [0.25, 0.3) is 0 Å². The Kier molecular flexibility index (Phi) is 6.51. The van der Waals surface area contributed by atoms with E-state index in [-0.39, 0.29) is 10.6 Å². The molecule has 0 amide bonds. The molecule has 31 heavy (non-hydrogen) atoms. The highest BCUT2D eigenvalue weighted by Gasteiger charge is 2.21. The Morgan fingerprint density at radius 2 is 1.71 bits per heavy atom. The van der Waals surface area contributed by atoms with E-state index in [1.54, 1.807) is 19.1 Å². The minimum atomic E-state index is -4.04. The molecule has 160 valence electrons. The SMILES string of the molecule is COc1ccc(NS(=O)(=O)c2ccc(NN=C(C)c3ccccc3)c([N+](=O)[O-])c2)cc1. The van der Waals surface area contributed by atoms with Gasteiger partial charge in [-0.1, -0.05) is 30.3 Å². The minimum absolute atomic E-state index is 0.0729. The molecule has 9 nitrogen and oxygen atoms in total. The molecule has 0 atom stereocenters. The van der Waals surface area contributed by atoms with E-state index >= 15 is 0 Å². The Labute approximate surface area is 179 Å². The molecular formula is C21H20N4O5S. The second-order valence-corrected chi connectivity index (χ2v) is 8.13. The maximum absolute atomic E-state index is 12.7. The van der Waals surface area contributed by atoms with Crippen molar-refractivity contribution in [1.82, 2.24) is 0 Å². The molecule has 3 aromatic carbocycles. The van der Waals surface area contributed by atoms with Gasteiger partial charge in [-0.15, -0.1) is 0 Å². The van der Waals surface area contributed by atoms with Crippen LogP contribution in [0.1, 0.15) is 12.5 Å². The maximum atomic E-state index is 12.7. The summed E-state index contributed by atoms with van der Waals surface area (Å²) in [5.41, 5.74) is 4.08. The first-order chi connectivity index (χ1) is 14.8. The molecular weight excluding hydrogens is 420 g/mol. The van der Waals surface area contributed by atoms with E-state index in [1.165, 1.54) is 31.4 Å². The van der Waals surface area contributed by atoms with Crippen LogP contribution < -0.4 is 14.9 Å². The smallest absolute Gasteiger partial charge is 0.295 e. The fourth-order valence-electron chi connectivity index (χ4n) is 2.69. The summed E-state index contributed by atoms with van der Waals surface area (Å²) < 4.78 is 32.8. The molecule has 0 saturated heterocycles. The zero-order chi connectivity index (χ0) is 22.4. The molecule has 0 aromatic heterocycles. The van der Waals surface area contributed by atoms with Crippen LogP contribution >= 0.6 is 0 Å². The third-order valence-corrected chi connectivity index (χ3v) is 5.73. The number of hydrogen-bond acceptors (Lipinski definition) is 7. The molecule has 3 rings (SSSR count). The summed E-state index contributed by atoms with van der Waals surface area (Å²) in [5.74, 6) is 0.570. The number of hydrazone groups is 1. The molecule has 0 radical (unpaired) electrons. The number of anilines is 2. The molecule has 0 unspecified atom stereocenters. The standard InChI is InChI=1S/C21H20N4O5S/c1-15(16-6-4-3-5-7-16)22-23-20-13-12-19(14-21(20)25(26)27)31(28,29)24-17-8-10-18(30-2)11-9-17/h3-14,23-24H,1-2H3. The van der Waals surface area contributed by atoms with Gasteiger partial charge in [0.2, 0.25) is 0 Å². The van der Waals surface area contributed by atoms with Gasteiger partial charge in [-0.2, -0.15) is 5.10 Å². The number of methoxy groups -OCH3 is 1. The highest BCUT2D eigenvalue weighted by Crippen LogP contribution is 2.29. The van der Waals surface area contributed by atoms with Crippen molar-refractivity contribution in [2.75, 3.05) is 17.3 Å². The van der Waals surface area contributed by atoms with E-state index in [2.05, 4.69) is 15.2 Å².